The topological polar surface area (TPSA) is 113 Å². The van der Waals surface area contributed by atoms with Gasteiger partial charge in [-0.3, -0.25) is 9.36 Å². The predicted molar refractivity (Wildman–Crippen MR) is 152 cm³/mol. The number of hydrogen-bond acceptors (Lipinski definition) is 9. The number of imidazole rings is 1. The van der Waals surface area contributed by atoms with Gasteiger partial charge in [0.25, 0.3) is 5.82 Å². The van der Waals surface area contributed by atoms with Gasteiger partial charge in [-0.2, -0.15) is 10.2 Å². The van der Waals surface area contributed by atoms with Crippen molar-refractivity contribution >= 4 is 39.2 Å². The Kier molecular flexibility index (Phi) is 9.91. The summed E-state index contributed by atoms with van der Waals surface area (Å²) in [5.74, 6) is -0.0150. The summed E-state index contributed by atoms with van der Waals surface area (Å²) >= 11 is 1.39. The quantitative estimate of drug-likeness (QED) is 0.146. The molecule has 3 aromatic rings. The summed E-state index contributed by atoms with van der Waals surface area (Å²) in [6, 6.07) is 11.6. The van der Waals surface area contributed by atoms with Crippen molar-refractivity contribution in [3.05, 3.63) is 58.7 Å². The maximum absolute atomic E-state index is 12.1. The first-order chi connectivity index (χ1) is 18.6. The SMILES string of the molecule is [C-]#[N+]c1c(C#N)nc(/N=N/c2sc(N(CC)CCOC(=O)C(C)CC)nc2C(C)(C)C)n1Cc1ccccc1. The van der Waals surface area contributed by atoms with Gasteiger partial charge >= 0.3 is 11.9 Å². The first-order valence-electron chi connectivity index (χ1n) is 12.9. The van der Waals surface area contributed by atoms with Crippen LogP contribution in [0.1, 0.15) is 64.9 Å². The van der Waals surface area contributed by atoms with Crippen molar-refractivity contribution in [1.29, 1.82) is 5.26 Å². The highest BCUT2D eigenvalue weighted by Gasteiger charge is 2.26. The third-order valence-electron chi connectivity index (χ3n) is 6.13. The minimum atomic E-state index is -0.315. The van der Waals surface area contributed by atoms with E-state index < -0.39 is 0 Å². The number of nitrogens with zero attached hydrogens (tertiary/aromatic N) is 8. The fraction of sp³-hybridized carbons (Fsp3) is 0.464. The summed E-state index contributed by atoms with van der Waals surface area (Å²) in [6.07, 6.45) is 0.739. The second-order valence-electron chi connectivity index (χ2n) is 10.0. The molecule has 1 atom stereocenters. The van der Waals surface area contributed by atoms with Gasteiger partial charge in [0.15, 0.2) is 15.8 Å². The highest BCUT2D eigenvalue weighted by atomic mass is 32.1. The summed E-state index contributed by atoms with van der Waals surface area (Å²) in [6.45, 7) is 21.4. The number of rotatable bonds is 11. The Morgan fingerprint density at radius 2 is 1.97 bits per heavy atom. The molecule has 0 bridgehead atoms. The number of azo groups is 1. The van der Waals surface area contributed by atoms with Crippen LogP contribution in [-0.2, 0) is 21.5 Å². The summed E-state index contributed by atoms with van der Waals surface area (Å²) in [5.41, 5.74) is 1.42. The summed E-state index contributed by atoms with van der Waals surface area (Å²) in [7, 11) is 0. The van der Waals surface area contributed by atoms with Crippen LogP contribution in [0.5, 0.6) is 0 Å². The fourth-order valence-corrected chi connectivity index (χ4v) is 4.84. The molecule has 2 heterocycles. The van der Waals surface area contributed by atoms with E-state index in [0.29, 0.717) is 24.6 Å². The van der Waals surface area contributed by atoms with Crippen LogP contribution < -0.4 is 4.90 Å². The van der Waals surface area contributed by atoms with E-state index in [4.69, 9.17) is 16.3 Å². The normalized spacial score (nSPS) is 12.2. The lowest BCUT2D eigenvalue weighted by molar-refractivity contribution is -0.147. The molecule has 204 valence electrons. The molecule has 1 unspecified atom stereocenters. The number of esters is 1. The van der Waals surface area contributed by atoms with Gasteiger partial charge in [0.1, 0.15) is 19.2 Å². The molecule has 0 aliphatic heterocycles. The number of likely N-dealkylation sites (N-methyl/N-ethyl adjacent to an activating group) is 1. The van der Waals surface area contributed by atoms with E-state index in [0.717, 1.165) is 22.8 Å². The molecule has 0 aliphatic carbocycles. The number of benzene rings is 1. The Morgan fingerprint density at radius 3 is 2.56 bits per heavy atom. The molecule has 1 aromatic carbocycles. The van der Waals surface area contributed by atoms with Crippen LogP contribution in [0.2, 0.25) is 0 Å². The molecule has 0 saturated carbocycles. The Morgan fingerprint density at radius 1 is 1.26 bits per heavy atom. The van der Waals surface area contributed by atoms with E-state index in [1.54, 1.807) is 4.57 Å². The maximum Gasteiger partial charge on any atom is 0.324 e. The Labute approximate surface area is 233 Å². The molecule has 0 fully saturated rings. The van der Waals surface area contributed by atoms with Gasteiger partial charge in [0.2, 0.25) is 0 Å². The number of carbonyl (C=O) groups excluding carboxylic acids is 1. The standard InChI is InChI=1S/C28H34N8O2S/c1-8-19(3)25(37)38-16-15-35(9-2)27-32-22(28(4,5)6)24(39-27)33-34-26-31-21(17-29)23(30-7)36(26)18-20-13-11-10-12-14-20/h10-14,19H,8-9,15-16,18H2,1-6H3/b34-33+. The molecule has 11 heteroatoms. The van der Waals surface area contributed by atoms with Gasteiger partial charge in [0.05, 0.1) is 18.2 Å². The van der Waals surface area contributed by atoms with E-state index in [1.165, 1.54) is 11.3 Å². The van der Waals surface area contributed by atoms with E-state index in [-0.39, 0.29) is 41.4 Å². The Balaban J connectivity index is 1.93. The largest absolute Gasteiger partial charge is 0.464 e. The van der Waals surface area contributed by atoms with Crippen LogP contribution in [-0.4, -0.2) is 40.2 Å². The van der Waals surface area contributed by atoms with Crippen molar-refractivity contribution in [2.45, 2.75) is 59.9 Å². The minimum absolute atomic E-state index is 0.0139. The van der Waals surface area contributed by atoms with Crippen LogP contribution >= 0.6 is 11.3 Å². The molecular formula is C28H34N8O2S. The molecule has 0 aliphatic rings. The van der Waals surface area contributed by atoms with Crippen LogP contribution in [0, 0.1) is 23.8 Å². The molecule has 3 rings (SSSR count). The zero-order valence-electron chi connectivity index (χ0n) is 23.3. The molecule has 0 N–H and O–H groups in total. The summed E-state index contributed by atoms with van der Waals surface area (Å²) < 4.78 is 7.05. The second-order valence-corrected chi connectivity index (χ2v) is 11.0. The zero-order chi connectivity index (χ0) is 28.6. The van der Waals surface area contributed by atoms with Gasteiger partial charge in [0, 0.05) is 12.0 Å². The van der Waals surface area contributed by atoms with Crippen LogP contribution in [0.4, 0.5) is 21.9 Å². The van der Waals surface area contributed by atoms with Crippen molar-refractivity contribution in [3.63, 3.8) is 0 Å². The number of hydrogen-bond donors (Lipinski definition) is 0. The van der Waals surface area contributed by atoms with E-state index >= 15 is 0 Å². The van der Waals surface area contributed by atoms with Gasteiger partial charge < -0.3 is 14.5 Å². The van der Waals surface area contributed by atoms with Gasteiger partial charge in [-0.1, -0.05) is 88.0 Å². The third kappa shape index (κ3) is 7.27. The van der Waals surface area contributed by atoms with Crippen molar-refractivity contribution in [3.8, 4) is 6.07 Å². The monoisotopic (exact) mass is 546 g/mol. The molecule has 0 amide bonds. The lowest BCUT2D eigenvalue weighted by Crippen LogP contribution is -2.29. The number of carbonyl (C=O) groups is 1. The molecule has 39 heavy (non-hydrogen) atoms. The number of nitriles is 1. The summed E-state index contributed by atoms with van der Waals surface area (Å²) in [5, 5.41) is 19.8. The highest BCUT2D eigenvalue weighted by molar-refractivity contribution is 7.19. The molecular weight excluding hydrogens is 512 g/mol. The fourth-order valence-electron chi connectivity index (χ4n) is 3.65. The second kappa shape index (κ2) is 13.1. The molecule has 2 aromatic heterocycles. The van der Waals surface area contributed by atoms with Gasteiger partial charge in [-0.25, -0.2) is 4.98 Å². The van der Waals surface area contributed by atoms with Gasteiger partial charge in [-0.05, 0) is 18.9 Å². The summed E-state index contributed by atoms with van der Waals surface area (Å²) in [4.78, 5) is 26.8. The lowest BCUT2D eigenvalue weighted by atomic mass is 9.93. The van der Waals surface area contributed by atoms with Crippen LogP contribution in [0.15, 0.2) is 40.6 Å². The van der Waals surface area contributed by atoms with E-state index in [1.807, 2.05) is 62.1 Å². The van der Waals surface area contributed by atoms with E-state index in [2.05, 4.69) is 40.8 Å². The van der Waals surface area contributed by atoms with E-state index in [9.17, 15) is 10.1 Å². The Hall–Kier alpha value is -4.09. The van der Waals surface area contributed by atoms with Crippen molar-refractivity contribution in [2.75, 3.05) is 24.6 Å². The number of anilines is 1. The average molecular weight is 547 g/mol. The van der Waals surface area contributed by atoms with Gasteiger partial charge in [-0.15, -0.1) is 5.11 Å². The molecule has 10 nitrogen and oxygen atoms in total. The average Bonchev–Trinajstić information content (AvgIpc) is 3.51. The first kappa shape index (κ1) is 29.5. The number of ether oxygens (including phenoxy) is 1. The molecule has 0 spiro atoms. The van der Waals surface area contributed by atoms with Crippen molar-refractivity contribution < 1.29 is 9.53 Å². The van der Waals surface area contributed by atoms with Crippen molar-refractivity contribution in [1.82, 2.24) is 14.5 Å². The number of aromatic nitrogens is 3. The molecule has 0 saturated heterocycles. The van der Waals surface area contributed by atoms with Crippen LogP contribution in [0.25, 0.3) is 4.85 Å². The zero-order valence-corrected chi connectivity index (χ0v) is 24.1. The Bertz CT molecular complexity index is 1390. The number of thiazole rings is 1. The molecule has 0 radical (unpaired) electrons. The van der Waals surface area contributed by atoms with Crippen molar-refractivity contribution in [2.24, 2.45) is 16.1 Å². The lowest BCUT2D eigenvalue weighted by Gasteiger charge is -2.20. The predicted octanol–water partition coefficient (Wildman–Crippen LogP) is 6.94. The van der Waals surface area contributed by atoms with Crippen LogP contribution in [0.3, 0.4) is 0 Å². The minimum Gasteiger partial charge on any atom is -0.464 e. The maximum atomic E-state index is 12.1. The first-order valence-corrected chi connectivity index (χ1v) is 13.7. The third-order valence-corrected chi connectivity index (χ3v) is 7.13. The smallest absolute Gasteiger partial charge is 0.324 e. The highest BCUT2D eigenvalue weighted by Crippen LogP contribution is 2.41.